The van der Waals surface area contributed by atoms with E-state index in [-0.39, 0.29) is 0 Å². The number of hydrogen-bond donors (Lipinski definition) is 0. The lowest BCUT2D eigenvalue weighted by Gasteiger charge is -2.46. The summed E-state index contributed by atoms with van der Waals surface area (Å²) in [5.74, 6) is 0. The fourth-order valence-corrected chi connectivity index (χ4v) is 36.2. The lowest BCUT2D eigenvalue weighted by molar-refractivity contribution is 0.239. The Hall–Kier alpha value is 1.81. The van der Waals surface area contributed by atoms with Crippen LogP contribution in [0.2, 0.25) is 65.5 Å². The van der Waals surface area contributed by atoms with Gasteiger partial charge in [-0.1, -0.05) is 0 Å². The van der Waals surface area contributed by atoms with Gasteiger partial charge >= 0.3 is 42.8 Å². The van der Waals surface area contributed by atoms with E-state index in [2.05, 4.69) is 65.5 Å². The lowest BCUT2D eigenvalue weighted by Crippen LogP contribution is -2.64. The summed E-state index contributed by atoms with van der Waals surface area (Å²) in [6.07, 6.45) is 0. The van der Waals surface area contributed by atoms with Crippen LogP contribution in [-0.4, -0.2) is 93.8 Å². The zero-order valence-electron chi connectivity index (χ0n) is 20.3. The molecule has 19 heteroatoms. The van der Waals surface area contributed by atoms with Gasteiger partial charge in [0, 0.05) is 0 Å². The first kappa shape index (κ1) is 30.8. The SMILES string of the molecule is C[Si]1(C)O[Si](C)(C)O[Si](C)(C)O[Si](C)(C)O[Si](C)(C)O1.[SiH3]O[SiH2]O[SiH2]O[SiH2]O[SiH3]. The largest absolute Gasteiger partial charge is 0.449 e. The van der Waals surface area contributed by atoms with Crippen molar-refractivity contribution in [1.82, 2.24) is 0 Å². The van der Waals surface area contributed by atoms with E-state index in [9.17, 15) is 0 Å². The van der Waals surface area contributed by atoms with E-state index in [1.807, 2.05) is 0 Å². The molecule has 29 heavy (non-hydrogen) atoms. The highest BCUT2D eigenvalue weighted by Gasteiger charge is 2.50. The molecule has 1 fully saturated rings. The maximum absolute atomic E-state index is 6.30. The van der Waals surface area contributed by atoms with Gasteiger partial charge in [0.25, 0.3) is 30.0 Å². The Labute approximate surface area is 195 Å². The molecule has 0 bridgehead atoms. The van der Waals surface area contributed by atoms with Gasteiger partial charge in [0.15, 0.2) is 0 Å². The minimum absolute atomic E-state index is 0.630. The average Bonchev–Trinajstić information content (AvgIpc) is 2.39. The van der Waals surface area contributed by atoms with Crippen molar-refractivity contribution in [2.75, 3.05) is 0 Å². The zero-order chi connectivity index (χ0) is 23.0. The Morgan fingerprint density at radius 3 is 0.828 bits per heavy atom. The van der Waals surface area contributed by atoms with Crippen LogP contribution in [0.1, 0.15) is 0 Å². The van der Waals surface area contributed by atoms with Crippen molar-refractivity contribution in [2.24, 2.45) is 0 Å². The average molecular weight is 587 g/mol. The highest BCUT2D eigenvalue weighted by molar-refractivity contribution is 6.92. The van der Waals surface area contributed by atoms with E-state index in [0.717, 1.165) is 21.0 Å². The van der Waals surface area contributed by atoms with Crippen LogP contribution in [-0.2, 0) is 37.0 Å². The van der Waals surface area contributed by atoms with Gasteiger partial charge in [-0.05, 0) is 65.5 Å². The summed E-state index contributed by atoms with van der Waals surface area (Å²) in [4.78, 5) is 0. The fourth-order valence-electron chi connectivity index (χ4n) is 3.36. The molecule has 0 amide bonds. The summed E-state index contributed by atoms with van der Waals surface area (Å²) in [5, 5.41) is 0. The Morgan fingerprint density at radius 2 is 0.655 bits per heavy atom. The molecule has 1 heterocycles. The quantitative estimate of drug-likeness (QED) is 0.264. The summed E-state index contributed by atoms with van der Waals surface area (Å²) in [6, 6.07) is 0. The summed E-state index contributed by atoms with van der Waals surface area (Å²) >= 11 is 0. The third kappa shape index (κ3) is 16.1. The molecule has 0 aromatic heterocycles. The summed E-state index contributed by atoms with van der Waals surface area (Å²) in [7, 11) is -11.7. The molecule has 0 aromatic carbocycles. The van der Waals surface area contributed by atoms with E-state index in [0.29, 0.717) is 0 Å². The maximum atomic E-state index is 6.30. The first-order chi connectivity index (χ1) is 12.9. The summed E-state index contributed by atoms with van der Waals surface area (Å²) in [6.45, 7) is 20.8. The van der Waals surface area contributed by atoms with Crippen molar-refractivity contribution < 1.29 is 37.0 Å². The van der Waals surface area contributed by atoms with Gasteiger partial charge in [-0.3, -0.25) is 0 Å². The second-order valence-corrected chi connectivity index (χ2v) is 35.5. The van der Waals surface area contributed by atoms with Gasteiger partial charge in [-0.25, -0.2) is 0 Å². The molecule has 176 valence electrons. The van der Waals surface area contributed by atoms with Crippen molar-refractivity contribution in [3.8, 4) is 0 Å². The first-order valence-corrected chi connectivity index (χ1v) is 28.8. The Bertz CT molecular complexity index is 372. The smallest absolute Gasteiger partial charge is 0.314 e. The second kappa shape index (κ2) is 12.9. The minimum atomic E-state index is -2.26. The molecule has 1 aliphatic rings. The van der Waals surface area contributed by atoms with Crippen LogP contribution in [0.3, 0.4) is 0 Å². The van der Waals surface area contributed by atoms with E-state index in [4.69, 9.17) is 37.0 Å². The number of hydrogen-bond acceptors (Lipinski definition) is 9. The third-order valence-corrected chi connectivity index (χ3v) is 27.2. The molecule has 0 aromatic rings. The van der Waals surface area contributed by atoms with Crippen LogP contribution in [0.15, 0.2) is 0 Å². The minimum Gasteiger partial charge on any atom is -0.449 e. The van der Waals surface area contributed by atoms with Crippen molar-refractivity contribution in [1.29, 1.82) is 0 Å². The van der Waals surface area contributed by atoms with Gasteiger partial charge in [-0.2, -0.15) is 0 Å². The van der Waals surface area contributed by atoms with E-state index in [1.54, 1.807) is 0 Å². The number of rotatable bonds is 6. The van der Waals surface area contributed by atoms with Crippen molar-refractivity contribution >= 4 is 93.8 Å². The van der Waals surface area contributed by atoms with Crippen molar-refractivity contribution in [3.63, 3.8) is 0 Å². The predicted molar refractivity (Wildman–Crippen MR) is 143 cm³/mol. The van der Waals surface area contributed by atoms with Crippen LogP contribution in [0.4, 0.5) is 0 Å². The highest BCUT2D eigenvalue weighted by Crippen LogP contribution is 2.30. The molecule has 0 atom stereocenters. The molecular formula is C10H42O9Si10. The van der Waals surface area contributed by atoms with Gasteiger partial charge in [-0.15, -0.1) is 0 Å². The molecule has 0 saturated carbocycles. The lowest BCUT2D eigenvalue weighted by atomic mass is 11.9. The van der Waals surface area contributed by atoms with Crippen LogP contribution in [0.25, 0.3) is 0 Å². The Kier molecular flexibility index (Phi) is 13.7. The second-order valence-electron chi connectivity index (χ2n) is 8.85. The van der Waals surface area contributed by atoms with Crippen molar-refractivity contribution in [3.05, 3.63) is 0 Å². The van der Waals surface area contributed by atoms with Gasteiger partial charge in [0.2, 0.25) is 0 Å². The van der Waals surface area contributed by atoms with Crippen LogP contribution >= 0.6 is 0 Å². The molecule has 1 saturated heterocycles. The summed E-state index contributed by atoms with van der Waals surface area (Å²) in [5.41, 5.74) is 0. The first-order valence-electron chi connectivity index (χ1n) is 9.59. The van der Waals surface area contributed by atoms with Crippen molar-refractivity contribution in [2.45, 2.75) is 65.5 Å². The monoisotopic (exact) mass is 586 g/mol. The third-order valence-electron chi connectivity index (χ3n) is 3.03. The van der Waals surface area contributed by atoms with Gasteiger partial charge in [0.1, 0.15) is 21.0 Å². The van der Waals surface area contributed by atoms with Crippen LogP contribution < -0.4 is 0 Å². The topological polar surface area (TPSA) is 83.1 Å². The molecule has 0 N–H and O–H groups in total. The van der Waals surface area contributed by atoms with Crippen LogP contribution in [0.5, 0.6) is 0 Å². The standard InChI is InChI=1S/C10H30O5Si5.H12O4Si5/c1-16(2)11-17(3,4)13-19(7,8)15-20(9,10)14-18(5,6)12-16;5-1-7-3-9-4-8-2-6/h1-10H3;7-9H2,5-6H3. The normalized spacial score (nSPS) is 26.3. The fraction of sp³-hybridized carbons (Fsp3) is 1.00. The molecule has 1 rings (SSSR count). The Balaban J connectivity index is 0.000000734. The summed E-state index contributed by atoms with van der Waals surface area (Å²) < 4.78 is 51.6. The Morgan fingerprint density at radius 1 is 0.448 bits per heavy atom. The molecule has 0 spiro atoms. The van der Waals surface area contributed by atoms with E-state index in [1.165, 1.54) is 0 Å². The van der Waals surface area contributed by atoms with Gasteiger partial charge in [0.05, 0.1) is 0 Å². The molecule has 0 radical (unpaired) electrons. The predicted octanol–water partition coefficient (Wildman–Crippen LogP) is -1.80. The van der Waals surface area contributed by atoms with Gasteiger partial charge < -0.3 is 37.0 Å². The molecule has 9 nitrogen and oxygen atoms in total. The molecule has 0 unspecified atom stereocenters. The van der Waals surface area contributed by atoms with Crippen LogP contribution in [0, 0.1) is 0 Å². The highest BCUT2D eigenvalue weighted by atomic mass is 28.5. The van der Waals surface area contributed by atoms with E-state index >= 15 is 0 Å². The molecule has 0 aliphatic carbocycles. The zero-order valence-corrected chi connectivity index (χ0v) is 33.5. The molecule has 1 aliphatic heterocycles. The molecular weight excluding hydrogens is 545 g/mol. The maximum Gasteiger partial charge on any atom is 0.314 e. The van der Waals surface area contributed by atoms with E-state index < -0.39 is 72.8 Å².